The maximum absolute atomic E-state index is 12.6. The zero-order chi connectivity index (χ0) is 18.6. The molecule has 1 aromatic rings. The number of rotatable bonds is 7. The van der Waals surface area contributed by atoms with Gasteiger partial charge in [0.05, 0.1) is 5.75 Å². The highest BCUT2D eigenvalue weighted by molar-refractivity contribution is 7.90. The number of ether oxygens (including phenoxy) is 1. The van der Waals surface area contributed by atoms with Crippen molar-refractivity contribution in [3.63, 3.8) is 0 Å². The van der Waals surface area contributed by atoms with E-state index in [-0.39, 0.29) is 11.5 Å². The standard InChI is InChI=1S/C18H32N4O3S/c1-14-9-15(2)11-17(10-14)5-8-26(23,24)13-18-19-20-21-22(18)12-16-3-6-25-7-4-16/h14-17H,3-13H2,1-2H3. The first-order valence-corrected chi connectivity index (χ1v) is 11.8. The van der Waals surface area contributed by atoms with Crippen molar-refractivity contribution in [2.45, 2.75) is 64.7 Å². The van der Waals surface area contributed by atoms with Crippen LogP contribution in [-0.2, 0) is 26.9 Å². The molecule has 1 saturated carbocycles. The van der Waals surface area contributed by atoms with Crippen LogP contribution in [0.4, 0.5) is 0 Å². The van der Waals surface area contributed by atoms with Gasteiger partial charge in [-0.15, -0.1) is 5.10 Å². The van der Waals surface area contributed by atoms with Crippen LogP contribution in [0.2, 0.25) is 0 Å². The molecule has 0 radical (unpaired) electrons. The summed E-state index contributed by atoms with van der Waals surface area (Å²) in [5, 5.41) is 11.7. The zero-order valence-corrected chi connectivity index (χ0v) is 16.8. The molecule has 3 rings (SSSR count). The van der Waals surface area contributed by atoms with Crippen LogP contribution < -0.4 is 0 Å². The van der Waals surface area contributed by atoms with Crippen LogP contribution in [0.5, 0.6) is 0 Å². The summed E-state index contributed by atoms with van der Waals surface area (Å²) in [6, 6.07) is 0. The molecule has 26 heavy (non-hydrogen) atoms. The second-order valence-corrected chi connectivity index (χ2v) is 10.7. The number of hydrogen-bond acceptors (Lipinski definition) is 6. The van der Waals surface area contributed by atoms with Gasteiger partial charge in [-0.3, -0.25) is 0 Å². The third-order valence-electron chi connectivity index (χ3n) is 5.84. The Bertz CT molecular complexity index is 660. The van der Waals surface area contributed by atoms with Gasteiger partial charge in [0.2, 0.25) is 0 Å². The van der Waals surface area contributed by atoms with E-state index in [1.165, 1.54) is 6.42 Å². The highest BCUT2D eigenvalue weighted by Gasteiger charge is 2.26. The minimum Gasteiger partial charge on any atom is -0.381 e. The van der Waals surface area contributed by atoms with E-state index in [4.69, 9.17) is 4.74 Å². The molecule has 0 amide bonds. The van der Waals surface area contributed by atoms with Gasteiger partial charge in [-0.05, 0) is 72.6 Å². The minimum atomic E-state index is -3.19. The van der Waals surface area contributed by atoms with Crippen molar-refractivity contribution in [3.05, 3.63) is 5.82 Å². The molecule has 1 aliphatic carbocycles. The quantitative estimate of drug-likeness (QED) is 0.718. The van der Waals surface area contributed by atoms with Crippen molar-refractivity contribution in [3.8, 4) is 0 Å². The van der Waals surface area contributed by atoms with Gasteiger partial charge in [0.1, 0.15) is 5.75 Å². The molecule has 1 aliphatic heterocycles. The van der Waals surface area contributed by atoms with Gasteiger partial charge in [0.15, 0.2) is 15.7 Å². The number of tetrazole rings is 1. The lowest BCUT2D eigenvalue weighted by atomic mass is 9.76. The number of hydrogen-bond donors (Lipinski definition) is 0. The normalized spacial score (nSPS) is 28.3. The minimum absolute atomic E-state index is 0.0545. The lowest BCUT2D eigenvalue weighted by Crippen LogP contribution is -2.24. The molecule has 2 unspecified atom stereocenters. The summed E-state index contributed by atoms with van der Waals surface area (Å²) >= 11 is 0. The van der Waals surface area contributed by atoms with Gasteiger partial charge in [0, 0.05) is 19.8 Å². The van der Waals surface area contributed by atoms with Gasteiger partial charge in [-0.2, -0.15) is 0 Å². The number of sulfone groups is 1. The van der Waals surface area contributed by atoms with E-state index >= 15 is 0 Å². The first kappa shape index (κ1) is 19.7. The molecule has 0 N–H and O–H groups in total. The van der Waals surface area contributed by atoms with Crippen molar-refractivity contribution >= 4 is 9.84 Å². The first-order valence-electron chi connectivity index (χ1n) is 9.94. The smallest absolute Gasteiger partial charge is 0.166 e. The molecule has 8 heteroatoms. The zero-order valence-electron chi connectivity index (χ0n) is 16.0. The maximum Gasteiger partial charge on any atom is 0.166 e. The molecular formula is C18H32N4O3S. The summed E-state index contributed by atoms with van der Waals surface area (Å²) in [7, 11) is -3.19. The molecule has 148 valence electrons. The molecule has 2 heterocycles. The van der Waals surface area contributed by atoms with Crippen LogP contribution in [0.25, 0.3) is 0 Å². The predicted octanol–water partition coefficient (Wildman–Crippen LogP) is 2.48. The Kier molecular flexibility index (Phi) is 6.66. The van der Waals surface area contributed by atoms with E-state index in [1.54, 1.807) is 4.68 Å². The Morgan fingerprint density at radius 2 is 1.77 bits per heavy atom. The van der Waals surface area contributed by atoms with E-state index in [9.17, 15) is 8.42 Å². The van der Waals surface area contributed by atoms with E-state index in [0.29, 0.717) is 36.0 Å². The molecule has 0 bridgehead atoms. The van der Waals surface area contributed by atoms with Crippen molar-refractivity contribution < 1.29 is 13.2 Å². The average Bonchev–Trinajstić information content (AvgIpc) is 2.99. The van der Waals surface area contributed by atoms with Crippen molar-refractivity contribution in [1.29, 1.82) is 0 Å². The largest absolute Gasteiger partial charge is 0.381 e. The Labute approximate surface area is 156 Å². The third kappa shape index (κ3) is 5.74. The fourth-order valence-electron chi connectivity index (χ4n) is 4.61. The lowest BCUT2D eigenvalue weighted by Gasteiger charge is -2.31. The number of nitrogens with zero attached hydrogens (tertiary/aromatic N) is 4. The molecule has 1 aromatic heterocycles. The Hall–Kier alpha value is -1.02. The second kappa shape index (κ2) is 8.78. The van der Waals surface area contributed by atoms with Crippen LogP contribution in [0, 0.1) is 23.7 Å². The molecule has 0 aromatic carbocycles. The summed E-state index contributed by atoms with van der Waals surface area (Å²) in [5.74, 6) is 3.06. The van der Waals surface area contributed by atoms with Crippen molar-refractivity contribution in [2.75, 3.05) is 19.0 Å². The van der Waals surface area contributed by atoms with Crippen molar-refractivity contribution in [2.24, 2.45) is 23.7 Å². The predicted molar refractivity (Wildman–Crippen MR) is 99.1 cm³/mol. The molecule has 1 saturated heterocycles. The SMILES string of the molecule is CC1CC(C)CC(CCS(=O)(=O)Cc2nnnn2CC2CCOCC2)C1. The maximum atomic E-state index is 12.6. The molecule has 2 fully saturated rings. The van der Waals surface area contributed by atoms with Crippen LogP contribution in [-0.4, -0.2) is 47.6 Å². The van der Waals surface area contributed by atoms with E-state index in [2.05, 4.69) is 29.4 Å². The second-order valence-electron chi connectivity index (χ2n) is 8.50. The van der Waals surface area contributed by atoms with E-state index in [0.717, 1.165) is 45.3 Å². The van der Waals surface area contributed by atoms with Gasteiger partial charge in [0.25, 0.3) is 0 Å². The fraction of sp³-hybridized carbons (Fsp3) is 0.944. The highest BCUT2D eigenvalue weighted by Crippen LogP contribution is 2.34. The molecule has 2 atom stereocenters. The average molecular weight is 385 g/mol. The van der Waals surface area contributed by atoms with Crippen LogP contribution in [0.1, 0.15) is 58.2 Å². The summed E-state index contributed by atoms with van der Waals surface area (Å²) in [4.78, 5) is 0. The summed E-state index contributed by atoms with van der Waals surface area (Å²) < 4.78 is 32.3. The van der Waals surface area contributed by atoms with Crippen LogP contribution >= 0.6 is 0 Å². The Morgan fingerprint density at radius 3 is 2.46 bits per heavy atom. The van der Waals surface area contributed by atoms with Gasteiger partial charge >= 0.3 is 0 Å². The lowest BCUT2D eigenvalue weighted by molar-refractivity contribution is 0.0597. The summed E-state index contributed by atoms with van der Waals surface area (Å²) in [6.07, 6.45) is 6.29. The number of aromatic nitrogens is 4. The van der Waals surface area contributed by atoms with Crippen molar-refractivity contribution in [1.82, 2.24) is 20.2 Å². The topological polar surface area (TPSA) is 87.0 Å². The molecule has 2 aliphatic rings. The van der Waals surface area contributed by atoms with Gasteiger partial charge in [-0.25, -0.2) is 13.1 Å². The van der Waals surface area contributed by atoms with Crippen LogP contribution in [0.15, 0.2) is 0 Å². The fourth-order valence-corrected chi connectivity index (χ4v) is 6.04. The van der Waals surface area contributed by atoms with Crippen LogP contribution in [0.3, 0.4) is 0 Å². The van der Waals surface area contributed by atoms with Gasteiger partial charge in [-0.1, -0.05) is 13.8 Å². The van der Waals surface area contributed by atoms with E-state index < -0.39 is 9.84 Å². The Balaban J connectivity index is 1.53. The third-order valence-corrected chi connectivity index (χ3v) is 7.40. The summed E-state index contributed by atoms with van der Waals surface area (Å²) in [5.41, 5.74) is 0. The monoisotopic (exact) mass is 384 g/mol. The molecule has 7 nitrogen and oxygen atoms in total. The van der Waals surface area contributed by atoms with E-state index in [1.807, 2.05) is 0 Å². The summed E-state index contributed by atoms with van der Waals surface area (Å²) in [6.45, 7) is 6.76. The molecular weight excluding hydrogens is 352 g/mol. The Morgan fingerprint density at radius 1 is 1.08 bits per heavy atom. The van der Waals surface area contributed by atoms with Gasteiger partial charge < -0.3 is 4.74 Å². The highest BCUT2D eigenvalue weighted by atomic mass is 32.2. The molecule has 0 spiro atoms. The first-order chi connectivity index (χ1) is 12.4.